The number of benzene rings is 3. The first-order valence-electron chi connectivity index (χ1n) is 21.3. The van der Waals surface area contributed by atoms with Crippen LogP contribution in [0.1, 0.15) is 67.4 Å². The van der Waals surface area contributed by atoms with Gasteiger partial charge >= 0.3 is 6.18 Å². The van der Waals surface area contributed by atoms with Gasteiger partial charge in [0.1, 0.15) is 22.8 Å². The molecule has 0 spiro atoms. The number of hydrogen-bond acceptors (Lipinski definition) is 11. The van der Waals surface area contributed by atoms with Crippen molar-refractivity contribution < 1.29 is 40.8 Å². The Morgan fingerprint density at radius 1 is 1.03 bits per heavy atom. The lowest BCUT2D eigenvalue weighted by atomic mass is 9.72. The van der Waals surface area contributed by atoms with E-state index in [1.807, 2.05) is 0 Å². The maximum Gasteiger partial charge on any atom is 0.416 e. The minimum atomic E-state index is -4.61. The minimum Gasteiger partial charge on any atom is -0.455 e. The lowest BCUT2D eigenvalue weighted by Crippen LogP contribution is -2.47. The van der Waals surface area contributed by atoms with Gasteiger partial charge in [0.2, 0.25) is 0 Å². The van der Waals surface area contributed by atoms with E-state index in [-0.39, 0.29) is 39.6 Å². The Morgan fingerprint density at radius 2 is 1.80 bits per heavy atom. The van der Waals surface area contributed by atoms with Crippen LogP contribution >= 0.6 is 0 Å². The average molecular weight is 902 g/mol. The van der Waals surface area contributed by atoms with Crippen molar-refractivity contribution in [2.24, 2.45) is 11.3 Å². The molecule has 2 saturated heterocycles. The molecule has 338 valence electrons. The quantitative estimate of drug-likeness (QED) is 0.0761. The summed E-state index contributed by atoms with van der Waals surface area (Å²) in [5.41, 5.74) is 2.20. The van der Waals surface area contributed by atoms with E-state index in [4.69, 9.17) is 9.47 Å². The zero-order valence-corrected chi connectivity index (χ0v) is 36.4. The third-order valence-corrected chi connectivity index (χ3v) is 13.7. The highest BCUT2D eigenvalue weighted by atomic mass is 32.2. The summed E-state index contributed by atoms with van der Waals surface area (Å²) in [6, 6.07) is 17.6. The highest BCUT2D eigenvalue weighted by Gasteiger charge is 2.37. The monoisotopic (exact) mass is 901 g/mol. The molecule has 0 unspecified atom stereocenters. The van der Waals surface area contributed by atoms with Crippen molar-refractivity contribution in [3.63, 3.8) is 0 Å². The zero-order chi connectivity index (χ0) is 45.2. The van der Waals surface area contributed by atoms with Gasteiger partial charge < -0.3 is 24.7 Å². The van der Waals surface area contributed by atoms with Crippen LogP contribution in [0.3, 0.4) is 0 Å². The number of sulfonamides is 1. The third kappa shape index (κ3) is 10.2. The zero-order valence-electron chi connectivity index (χ0n) is 35.5. The number of halogens is 3. The molecular weight excluding hydrogens is 852 g/mol. The number of piperazine rings is 1. The second-order valence-corrected chi connectivity index (χ2v) is 19.1. The van der Waals surface area contributed by atoms with E-state index in [9.17, 15) is 36.5 Å². The van der Waals surface area contributed by atoms with Crippen molar-refractivity contribution >= 4 is 49.6 Å². The number of hydrogen-bond donors (Lipinski definition) is 3. The number of nitro benzene ring substituents is 1. The van der Waals surface area contributed by atoms with Crippen LogP contribution in [0.5, 0.6) is 11.5 Å². The number of allylic oxidation sites excluding steroid dienone is 1. The van der Waals surface area contributed by atoms with Crippen LogP contribution in [0.2, 0.25) is 0 Å². The first-order chi connectivity index (χ1) is 30.5. The summed E-state index contributed by atoms with van der Waals surface area (Å²) < 4.78 is 83.6. The fraction of sp³-hybridized carbons (Fsp3) is 0.391. The van der Waals surface area contributed by atoms with Crippen molar-refractivity contribution in [2.75, 3.05) is 62.7 Å². The number of amides is 1. The molecule has 5 aromatic rings. The number of nitrogens with one attached hydrogen (secondary N) is 3. The number of H-pyrrole nitrogens is 1. The maximum absolute atomic E-state index is 14.2. The van der Waals surface area contributed by atoms with E-state index >= 15 is 0 Å². The molecular formula is C46H50F3N7O7S. The SMILES string of the molecule is CC1(C)CCC(CN2CCN(c3ccc(C(=O)NS(=O)(=O)c4ccc(NCC5CCOCC5)c([N+](=O)[O-])c4)c(Oc4cnc5[nH]ccc5c4)c3)CC2)=C(c2ccccc2C(F)(F)F)C1. The van der Waals surface area contributed by atoms with Gasteiger partial charge in [-0.15, -0.1) is 0 Å². The molecule has 1 aliphatic carbocycles. The first-order valence-corrected chi connectivity index (χ1v) is 22.8. The number of nitrogens with zero attached hydrogens (tertiary/aromatic N) is 4. The lowest BCUT2D eigenvalue weighted by Gasteiger charge is -2.39. The number of aromatic amines is 1. The van der Waals surface area contributed by atoms with Crippen LogP contribution in [0, 0.1) is 21.4 Å². The van der Waals surface area contributed by atoms with Gasteiger partial charge in [-0.2, -0.15) is 13.2 Å². The number of alkyl halides is 3. The smallest absolute Gasteiger partial charge is 0.416 e. The highest BCUT2D eigenvalue weighted by molar-refractivity contribution is 7.90. The molecule has 18 heteroatoms. The topological polar surface area (TPSA) is 172 Å². The summed E-state index contributed by atoms with van der Waals surface area (Å²) in [5, 5.41) is 15.9. The number of pyridine rings is 1. The lowest BCUT2D eigenvalue weighted by molar-refractivity contribution is -0.384. The largest absolute Gasteiger partial charge is 0.455 e. The van der Waals surface area contributed by atoms with Gasteiger partial charge in [-0.05, 0) is 97.0 Å². The van der Waals surface area contributed by atoms with Crippen molar-refractivity contribution in [1.82, 2.24) is 19.6 Å². The Bertz CT molecular complexity index is 2690. The number of anilines is 2. The Balaban J connectivity index is 1.01. The fourth-order valence-corrected chi connectivity index (χ4v) is 9.71. The molecule has 64 heavy (non-hydrogen) atoms. The summed E-state index contributed by atoms with van der Waals surface area (Å²) >= 11 is 0. The number of carbonyl (C=O) groups excluding carboxylic acids is 1. The van der Waals surface area contributed by atoms with Crippen molar-refractivity contribution in [3.8, 4) is 11.5 Å². The molecule has 2 fully saturated rings. The first kappa shape index (κ1) is 44.6. The number of fused-ring (bicyclic) bond motifs is 1. The van der Waals surface area contributed by atoms with Crippen LogP contribution in [0.25, 0.3) is 16.6 Å². The Kier molecular flexibility index (Phi) is 12.7. The van der Waals surface area contributed by atoms with Gasteiger partial charge in [0.05, 0.1) is 27.1 Å². The molecule has 1 amide bonds. The van der Waals surface area contributed by atoms with Crippen LogP contribution in [-0.2, 0) is 20.9 Å². The molecule has 8 rings (SSSR count). The second-order valence-electron chi connectivity index (χ2n) is 17.4. The number of carbonyl (C=O) groups is 1. The predicted molar refractivity (Wildman–Crippen MR) is 237 cm³/mol. The Morgan fingerprint density at radius 3 is 2.55 bits per heavy atom. The number of ether oxygens (including phenoxy) is 2. The molecule has 0 radical (unpaired) electrons. The van der Waals surface area contributed by atoms with E-state index in [0.29, 0.717) is 76.7 Å². The van der Waals surface area contributed by atoms with Gasteiger partial charge in [-0.1, -0.05) is 37.6 Å². The van der Waals surface area contributed by atoms with Crippen molar-refractivity contribution in [1.29, 1.82) is 0 Å². The van der Waals surface area contributed by atoms with Crippen LogP contribution in [0.15, 0.2) is 95.7 Å². The van der Waals surface area contributed by atoms with E-state index in [1.165, 1.54) is 30.5 Å². The van der Waals surface area contributed by atoms with Gasteiger partial charge in [-0.3, -0.25) is 19.8 Å². The van der Waals surface area contributed by atoms with Gasteiger partial charge in [0, 0.05) is 81.9 Å². The normalized spacial score (nSPS) is 17.7. The summed E-state index contributed by atoms with van der Waals surface area (Å²) in [6.45, 7) is 8.74. The van der Waals surface area contributed by atoms with Gasteiger partial charge in [0.25, 0.3) is 21.6 Å². The predicted octanol–water partition coefficient (Wildman–Crippen LogP) is 9.03. The summed E-state index contributed by atoms with van der Waals surface area (Å²) in [7, 11) is -4.61. The molecule has 2 aliphatic heterocycles. The van der Waals surface area contributed by atoms with E-state index in [1.54, 1.807) is 42.6 Å². The molecule has 3 aliphatic rings. The standard InChI is InChI=1S/C46H50F3N7O7S/c1-45(2)15-11-32(38(26-45)36-5-3-4-6-39(36)46(47,48)49)29-54-17-19-55(20-18-54)33-7-9-37(42(24-33)63-34-23-31-12-16-50-43(31)52-28-34)44(57)53-64(60,61)35-8-10-40(41(25-35)56(58)59)51-27-30-13-21-62-22-14-30/h3-10,12,16,23-25,28,30,51H,11,13-15,17-22,26-27,29H2,1-2H3,(H,50,52)(H,53,57). The molecule has 3 N–H and O–H groups in total. The molecule has 2 aromatic heterocycles. The molecule has 0 saturated carbocycles. The second kappa shape index (κ2) is 18.3. The highest BCUT2D eigenvalue weighted by Crippen LogP contribution is 2.46. The number of aromatic nitrogens is 2. The fourth-order valence-electron chi connectivity index (χ4n) is 8.72. The van der Waals surface area contributed by atoms with E-state index in [0.717, 1.165) is 47.9 Å². The minimum absolute atomic E-state index is 0.0471. The number of nitro groups is 1. The molecule has 3 aromatic carbocycles. The third-order valence-electron chi connectivity index (χ3n) is 12.3. The van der Waals surface area contributed by atoms with E-state index < -0.39 is 43.2 Å². The summed E-state index contributed by atoms with van der Waals surface area (Å²) in [4.78, 5) is 36.6. The molecule has 4 heterocycles. The molecule has 0 bridgehead atoms. The summed E-state index contributed by atoms with van der Waals surface area (Å²) in [5.74, 6) is -0.433. The van der Waals surface area contributed by atoms with Gasteiger partial charge in [-0.25, -0.2) is 18.1 Å². The summed E-state index contributed by atoms with van der Waals surface area (Å²) in [6.07, 6.45) is 2.44. The van der Waals surface area contributed by atoms with Crippen LogP contribution in [0.4, 0.5) is 30.2 Å². The maximum atomic E-state index is 14.2. The van der Waals surface area contributed by atoms with Crippen LogP contribution in [-0.4, -0.2) is 86.6 Å². The Hall–Kier alpha value is -5.98. The van der Waals surface area contributed by atoms with Crippen molar-refractivity contribution in [3.05, 3.63) is 118 Å². The Labute approximate surface area is 369 Å². The van der Waals surface area contributed by atoms with Gasteiger partial charge in [0.15, 0.2) is 0 Å². The molecule has 14 nitrogen and oxygen atoms in total. The van der Waals surface area contributed by atoms with E-state index in [2.05, 4.69) is 43.7 Å². The van der Waals surface area contributed by atoms with Crippen LogP contribution < -0.4 is 19.7 Å². The average Bonchev–Trinajstić information content (AvgIpc) is 3.74. The molecule has 0 atom stereocenters. The van der Waals surface area contributed by atoms with Crippen molar-refractivity contribution in [2.45, 2.75) is 57.0 Å². The number of rotatable bonds is 13.